The molecule has 1 heterocycles. The summed E-state index contributed by atoms with van der Waals surface area (Å²) in [5.74, 6) is 0.529. The van der Waals surface area contributed by atoms with Crippen molar-refractivity contribution in [3.8, 4) is 0 Å². The summed E-state index contributed by atoms with van der Waals surface area (Å²) < 4.78 is 5.21. The average molecular weight is 241 g/mol. The molecule has 98 valence electrons. The molecule has 1 amide bonds. The number of carbonyl (C=O) groups is 2. The molecule has 0 aromatic carbocycles. The van der Waals surface area contributed by atoms with Crippen LogP contribution >= 0.6 is 0 Å². The lowest BCUT2D eigenvalue weighted by molar-refractivity contribution is -0.137. The highest BCUT2D eigenvalue weighted by atomic mass is 16.5. The summed E-state index contributed by atoms with van der Waals surface area (Å²) >= 11 is 0. The molecule has 0 N–H and O–H groups in total. The number of piperidine rings is 1. The zero-order valence-corrected chi connectivity index (χ0v) is 10.9. The van der Waals surface area contributed by atoms with Crippen molar-refractivity contribution >= 4 is 11.7 Å². The van der Waals surface area contributed by atoms with Gasteiger partial charge in [0.1, 0.15) is 5.78 Å². The summed E-state index contributed by atoms with van der Waals surface area (Å²) in [5.41, 5.74) is 0. The number of carbonyl (C=O) groups excluding carboxylic acids is 2. The number of likely N-dealkylation sites (tertiary alicyclic amines) is 1. The van der Waals surface area contributed by atoms with E-state index in [1.165, 1.54) is 0 Å². The molecule has 0 saturated carbocycles. The van der Waals surface area contributed by atoms with Gasteiger partial charge < -0.3 is 9.64 Å². The van der Waals surface area contributed by atoms with Crippen LogP contribution in [0.2, 0.25) is 0 Å². The van der Waals surface area contributed by atoms with Crippen LogP contribution in [0.15, 0.2) is 0 Å². The second kappa shape index (κ2) is 7.43. The highest BCUT2D eigenvalue weighted by Gasteiger charge is 2.27. The van der Waals surface area contributed by atoms with Gasteiger partial charge in [-0.1, -0.05) is 6.92 Å². The van der Waals surface area contributed by atoms with Crippen molar-refractivity contribution in [3.05, 3.63) is 0 Å². The minimum absolute atomic E-state index is 0.0552. The molecule has 0 aromatic heterocycles. The number of hydrogen-bond donors (Lipinski definition) is 0. The Hall–Kier alpha value is -0.900. The van der Waals surface area contributed by atoms with Crippen LogP contribution in [0.3, 0.4) is 0 Å². The van der Waals surface area contributed by atoms with Crippen molar-refractivity contribution < 1.29 is 14.3 Å². The molecule has 4 heteroatoms. The van der Waals surface area contributed by atoms with E-state index in [2.05, 4.69) is 0 Å². The third-order valence-electron chi connectivity index (χ3n) is 3.25. The fourth-order valence-electron chi connectivity index (χ4n) is 2.12. The lowest BCUT2D eigenvalue weighted by atomic mass is 9.94. The van der Waals surface area contributed by atoms with Crippen LogP contribution in [0.25, 0.3) is 0 Å². The molecule has 1 fully saturated rings. The summed E-state index contributed by atoms with van der Waals surface area (Å²) in [7, 11) is 0. The van der Waals surface area contributed by atoms with Crippen molar-refractivity contribution in [2.45, 2.75) is 39.5 Å². The molecule has 1 atom stereocenters. The molecule has 0 aliphatic carbocycles. The number of nitrogens with zero attached hydrogens (tertiary/aromatic N) is 1. The molecule has 1 rings (SSSR count). The fourth-order valence-corrected chi connectivity index (χ4v) is 2.12. The third kappa shape index (κ3) is 4.46. The van der Waals surface area contributed by atoms with E-state index in [-0.39, 0.29) is 11.8 Å². The quantitative estimate of drug-likeness (QED) is 0.664. The maximum atomic E-state index is 11.9. The monoisotopic (exact) mass is 241 g/mol. The van der Waals surface area contributed by atoms with Gasteiger partial charge in [0.2, 0.25) is 5.91 Å². The van der Waals surface area contributed by atoms with Crippen molar-refractivity contribution in [2.75, 3.05) is 26.3 Å². The van der Waals surface area contributed by atoms with Gasteiger partial charge in [-0.3, -0.25) is 9.59 Å². The van der Waals surface area contributed by atoms with Crippen LogP contribution < -0.4 is 0 Å². The minimum atomic E-state index is 0.0552. The van der Waals surface area contributed by atoms with Gasteiger partial charge in [-0.2, -0.15) is 0 Å². The van der Waals surface area contributed by atoms with Gasteiger partial charge in [-0.25, -0.2) is 0 Å². The Balaban J connectivity index is 2.29. The summed E-state index contributed by atoms with van der Waals surface area (Å²) in [6.07, 6.45) is 2.66. The Bertz CT molecular complexity index is 265. The first-order chi connectivity index (χ1) is 8.19. The smallest absolute Gasteiger partial charge is 0.222 e. The molecule has 1 saturated heterocycles. The largest absolute Gasteiger partial charge is 0.382 e. The summed E-state index contributed by atoms with van der Waals surface area (Å²) in [6.45, 7) is 6.51. The Morgan fingerprint density at radius 2 is 2.24 bits per heavy atom. The number of ketones is 1. The van der Waals surface area contributed by atoms with Gasteiger partial charge in [-0.15, -0.1) is 0 Å². The van der Waals surface area contributed by atoms with E-state index in [0.717, 1.165) is 12.8 Å². The van der Waals surface area contributed by atoms with Crippen LogP contribution in [0.5, 0.6) is 0 Å². The van der Waals surface area contributed by atoms with E-state index in [9.17, 15) is 9.59 Å². The Morgan fingerprint density at radius 3 is 2.88 bits per heavy atom. The van der Waals surface area contributed by atoms with E-state index in [1.54, 1.807) is 0 Å². The van der Waals surface area contributed by atoms with Gasteiger partial charge in [-0.05, 0) is 19.8 Å². The first kappa shape index (κ1) is 14.2. The Kier molecular flexibility index (Phi) is 6.19. The number of hydrogen-bond acceptors (Lipinski definition) is 3. The predicted octanol–water partition coefficient (Wildman–Crippen LogP) is 1.63. The molecular weight excluding hydrogens is 218 g/mol. The Morgan fingerprint density at radius 1 is 1.47 bits per heavy atom. The topological polar surface area (TPSA) is 46.6 Å². The molecule has 0 bridgehead atoms. The van der Waals surface area contributed by atoms with Crippen molar-refractivity contribution in [2.24, 2.45) is 5.92 Å². The second-order valence-electron chi connectivity index (χ2n) is 4.46. The maximum absolute atomic E-state index is 11.9. The molecule has 1 aliphatic heterocycles. The first-order valence-corrected chi connectivity index (χ1v) is 6.57. The summed E-state index contributed by atoms with van der Waals surface area (Å²) in [6, 6.07) is 0. The van der Waals surface area contributed by atoms with E-state index in [0.29, 0.717) is 44.9 Å². The zero-order chi connectivity index (χ0) is 12.7. The van der Waals surface area contributed by atoms with Crippen LogP contribution in [0.1, 0.15) is 39.5 Å². The number of Topliss-reactive ketones (excluding diaryl/α,β-unsaturated/α-hetero) is 1. The highest BCUT2D eigenvalue weighted by molar-refractivity contribution is 5.85. The lowest BCUT2D eigenvalue weighted by Gasteiger charge is -2.31. The summed E-state index contributed by atoms with van der Waals surface area (Å²) in [5, 5.41) is 0. The van der Waals surface area contributed by atoms with Gasteiger partial charge in [0.25, 0.3) is 0 Å². The first-order valence-electron chi connectivity index (χ1n) is 6.57. The molecule has 0 radical (unpaired) electrons. The van der Waals surface area contributed by atoms with Crippen molar-refractivity contribution in [1.82, 2.24) is 4.90 Å². The number of amides is 1. The minimum Gasteiger partial charge on any atom is -0.382 e. The van der Waals surface area contributed by atoms with Gasteiger partial charge in [0.05, 0.1) is 0 Å². The fraction of sp³-hybridized carbons (Fsp3) is 0.846. The van der Waals surface area contributed by atoms with Crippen molar-refractivity contribution in [3.63, 3.8) is 0 Å². The zero-order valence-electron chi connectivity index (χ0n) is 10.9. The molecule has 17 heavy (non-hydrogen) atoms. The molecule has 1 unspecified atom stereocenters. The highest BCUT2D eigenvalue weighted by Crippen LogP contribution is 2.17. The summed E-state index contributed by atoms with van der Waals surface area (Å²) in [4.78, 5) is 25.3. The van der Waals surface area contributed by atoms with Crippen LogP contribution in [-0.4, -0.2) is 42.9 Å². The van der Waals surface area contributed by atoms with Crippen LogP contribution in [0.4, 0.5) is 0 Å². The molecule has 1 aliphatic rings. The van der Waals surface area contributed by atoms with Crippen LogP contribution in [0, 0.1) is 5.92 Å². The van der Waals surface area contributed by atoms with E-state index in [4.69, 9.17) is 4.74 Å². The number of ether oxygens (including phenoxy) is 1. The van der Waals surface area contributed by atoms with E-state index in [1.807, 2.05) is 18.7 Å². The molecule has 4 nitrogen and oxygen atoms in total. The SMILES string of the molecule is CCOCCCC(=O)N1CCC(=O)C(CC)C1. The van der Waals surface area contributed by atoms with Crippen molar-refractivity contribution in [1.29, 1.82) is 0 Å². The standard InChI is InChI=1S/C13H23NO3/c1-3-11-10-14(8-7-12(11)15)13(16)6-5-9-17-4-2/h11H,3-10H2,1-2H3. The van der Waals surface area contributed by atoms with Gasteiger partial charge >= 0.3 is 0 Å². The van der Waals surface area contributed by atoms with E-state index >= 15 is 0 Å². The van der Waals surface area contributed by atoms with E-state index < -0.39 is 0 Å². The number of rotatable bonds is 6. The second-order valence-corrected chi connectivity index (χ2v) is 4.46. The lowest BCUT2D eigenvalue weighted by Crippen LogP contribution is -2.43. The molecule has 0 aromatic rings. The normalized spacial score (nSPS) is 20.7. The van der Waals surface area contributed by atoms with Gasteiger partial charge in [0, 0.05) is 45.1 Å². The average Bonchev–Trinajstić information content (AvgIpc) is 2.35. The van der Waals surface area contributed by atoms with Crippen LogP contribution in [-0.2, 0) is 14.3 Å². The molecule has 0 spiro atoms. The Labute approximate surface area is 103 Å². The maximum Gasteiger partial charge on any atom is 0.222 e. The third-order valence-corrected chi connectivity index (χ3v) is 3.25. The predicted molar refractivity (Wildman–Crippen MR) is 65.7 cm³/mol. The molecular formula is C13H23NO3. The van der Waals surface area contributed by atoms with Gasteiger partial charge in [0.15, 0.2) is 0 Å².